The van der Waals surface area contributed by atoms with Crippen LogP contribution in [0.5, 0.6) is 0 Å². The summed E-state index contributed by atoms with van der Waals surface area (Å²) in [5.74, 6) is 0.691. The fraction of sp³-hybridized carbons (Fsp3) is 0.500. The van der Waals surface area contributed by atoms with E-state index in [-0.39, 0.29) is 11.4 Å². The number of hydrogen-bond acceptors (Lipinski definition) is 1. The van der Waals surface area contributed by atoms with E-state index >= 15 is 0 Å². The lowest BCUT2D eigenvalue weighted by Crippen LogP contribution is -2.40. The van der Waals surface area contributed by atoms with Crippen molar-refractivity contribution < 1.29 is 4.79 Å². The molecule has 0 aliphatic carbocycles. The number of unbranched alkanes of at least 4 members (excludes halogenated alkanes) is 1. The lowest BCUT2D eigenvalue weighted by atomic mass is 9.94. The van der Waals surface area contributed by atoms with Gasteiger partial charge in [-0.25, -0.2) is 0 Å². The summed E-state index contributed by atoms with van der Waals surface area (Å²) in [6, 6.07) is 8.00. The first-order valence-electron chi connectivity index (χ1n) is 6.09. The maximum absolute atomic E-state index is 11.8. The number of hydrogen-bond donors (Lipinski definition) is 1. The summed E-state index contributed by atoms with van der Waals surface area (Å²) < 4.78 is 1.04. The van der Waals surface area contributed by atoms with E-state index < -0.39 is 0 Å². The van der Waals surface area contributed by atoms with Crippen LogP contribution in [0.4, 0.5) is 0 Å². The molecule has 0 radical (unpaired) electrons. The van der Waals surface area contributed by atoms with Gasteiger partial charge in [0.2, 0.25) is 5.91 Å². The fourth-order valence-corrected chi connectivity index (χ4v) is 2.18. The Kier molecular flexibility index (Phi) is 6.16. The second-order valence-corrected chi connectivity index (χ2v) is 6.12. The molecule has 100 valence electrons. The second-order valence-electron chi connectivity index (χ2n) is 4.83. The Labute approximate surface area is 122 Å². The van der Waals surface area contributed by atoms with Crippen molar-refractivity contribution in [2.75, 3.05) is 5.88 Å². The molecule has 4 heteroatoms. The first-order chi connectivity index (χ1) is 8.45. The third-order valence-electron chi connectivity index (χ3n) is 2.81. The number of alkyl halides is 1. The highest BCUT2D eigenvalue weighted by Crippen LogP contribution is 2.22. The van der Waals surface area contributed by atoms with E-state index in [1.807, 2.05) is 38.1 Å². The molecule has 0 fully saturated rings. The van der Waals surface area contributed by atoms with Crippen LogP contribution in [0.3, 0.4) is 0 Å². The third kappa shape index (κ3) is 4.99. The molecule has 0 saturated carbocycles. The number of carbonyl (C=O) groups is 1. The number of nitrogens with one attached hydrogen (secondary N) is 1. The molecule has 1 N–H and O–H groups in total. The summed E-state index contributed by atoms with van der Waals surface area (Å²) in [6.45, 7) is 4.02. The molecule has 0 aliphatic heterocycles. The molecule has 0 atom stereocenters. The summed E-state index contributed by atoms with van der Waals surface area (Å²) in [5.41, 5.74) is 0.745. The third-order valence-corrected chi connectivity index (χ3v) is 3.60. The minimum Gasteiger partial charge on any atom is -0.347 e. The van der Waals surface area contributed by atoms with Crippen molar-refractivity contribution in [3.05, 3.63) is 34.3 Å². The van der Waals surface area contributed by atoms with Crippen molar-refractivity contribution in [1.82, 2.24) is 5.32 Å². The van der Waals surface area contributed by atoms with Crippen molar-refractivity contribution in [2.45, 2.75) is 38.6 Å². The Morgan fingerprint density at radius 3 is 2.44 bits per heavy atom. The van der Waals surface area contributed by atoms with Crippen molar-refractivity contribution in [3.63, 3.8) is 0 Å². The van der Waals surface area contributed by atoms with Gasteiger partial charge in [-0.3, -0.25) is 4.79 Å². The van der Waals surface area contributed by atoms with Crippen LogP contribution >= 0.6 is 27.5 Å². The van der Waals surface area contributed by atoms with Gasteiger partial charge >= 0.3 is 0 Å². The van der Waals surface area contributed by atoms with E-state index in [0.29, 0.717) is 12.3 Å². The number of rotatable bonds is 6. The van der Waals surface area contributed by atoms with Crippen LogP contribution in [0.2, 0.25) is 0 Å². The zero-order chi connectivity index (χ0) is 13.6. The summed E-state index contributed by atoms with van der Waals surface area (Å²) in [5, 5.41) is 3.05. The molecule has 1 amide bonds. The largest absolute Gasteiger partial charge is 0.347 e. The molecule has 0 aliphatic rings. The average Bonchev–Trinajstić information content (AvgIpc) is 2.29. The molecule has 0 bridgehead atoms. The van der Waals surface area contributed by atoms with E-state index in [9.17, 15) is 4.79 Å². The molecule has 0 spiro atoms. The predicted octanol–water partition coefficient (Wildman–Crippen LogP) is 4.21. The molecule has 1 aromatic carbocycles. The van der Waals surface area contributed by atoms with Gasteiger partial charge in [-0.05, 0) is 44.4 Å². The monoisotopic (exact) mass is 331 g/mol. The van der Waals surface area contributed by atoms with Crippen LogP contribution in [0.1, 0.15) is 38.7 Å². The minimum atomic E-state index is -0.348. The summed E-state index contributed by atoms with van der Waals surface area (Å²) in [6.07, 6.45) is 2.26. The Morgan fingerprint density at radius 2 is 1.89 bits per heavy atom. The smallest absolute Gasteiger partial charge is 0.220 e. The number of amides is 1. The van der Waals surface area contributed by atoms with Gasteiger partial charge in [0.1, 0.15) is 0 Å². The Morgan fingerprint density at radius 1 is 1.28 bits per heavy atom. The van der Waals surface area contributed by atoms with E-state index in [0.717, 1.165) is 22.9 Å². The van der Waals surface area contributed by atoms with Crippen molar-refractivity contribution >= 4 is 33.4 Å². The van der Waals surface area contributed by atoms with E-state index in [1.54, 1.807) is 0 Å². The van der Waals surface area contributed by atoms with Gasteiger partial charge in [0, 0.05) is 16.8 Å². The van der Waals surface area contributed by atoms with Crippen LogP contribution in [0.25, 0.3) is 0 Å². The molecule has 2 nitrogen and oxygen atoms in total. The molecule has 0 saturated heterocycles. The van der Waals surface area contributed by atoms with Gasteiger partial charge in [-0.2, -0.15) is 0 Å². The maximum atomic E-state index is 11.8. The van der Waals surface area contributed by atoms with Gasteiger partial charge in [-0.1, -0.05) is 28.1 Å². The molecular weight excluding hydrogens is 314 g/mol. The first kappa shape index (κ1) is 15.5. The molecule has 18 heavy (non-hydrogen) atoms. The van der Waals surface area contributed by atoms with Crippen LogP contribution in [-0.4, -0.2) is 11.8 Å². The Bertz CT molecular complexity index is 389. The van der Waals surface area contributed by atoms with Gasteiger partial charge in [-0.15, -0.1) is 11.6 Å². The van der Waals surface area contributed by atoms with Crippen LogP contribution in [0, 0.1) is 0 Å². The van der Waals surface area contributed by atoms with Gasteiger partial charge in [0.15, 0.2) is 0 Å². The normalized spacial score (nSPS) is 11.3. The molecule has 0 unspecified atom stereocenters. The summed E-state index contributed by atoms with van der Waals surface area (Å²) in [7, 11) is 0. The van der Waals surface area contributed by atoms with E-state index in [2.05, 4.69) is 21.2 Å². The highest BCUT2D eigenvalue weighted by atomic mass is 79.9. The van der Waals surface area contributed by atoms with E-state index in [4.69, 9.17) is 11.6 Å². The Balaban J connectivity index is 2.58. The van der Waals surface area contributed by atoms with Crippen LogP contribution < -0.4 is 5.32 Å². The zero-order valence-corrected chi connectivity index (χ0v) is 13.1. The second kappa shape index (κ2) is 7.15. The topological polar surface area (TPSA) is 29.1 Å². The SMILES string of the molecule is CC(C)(NC(=O)CCCCCl)c1ccc(Br)cc1. The average molecular weight is 333 g/mol. The summed E-state index contributed by atoms with van der Waals surface area (Å²) in [4.78, 5) is 11.8. The highest BCUT2D eigenvalue weighted by molar-refractivity contribution is 9.10. The quantitative estimate of drug-likeness (QED) is 0.613. The molecule has 0 heterocycles. The molecule has 0 aromatic heterocycles. The zero-order valence-electron chi connectivity index (χ0n) is 10.8. The molecule has 1 aromatic rings. The van der Waals surface area contributed by atoms with Crippen molar-refractivity contribution in [3.8, 4) is 0 Å². The first-order valence-corrected chi connectivity index (χ1v) is 7.41. The number of benzene rings is 1. The lowest BCUT2D eigenvalue weighted by Gasteiger charge is -2.27. The van der Waals surface area contributed by atoms with Crippen LogP contribution in [0.15, 0.2) is 28.7 Å². The Hall–Kier alpha value is -0.540. The van der Waals surface area contributed by atoms with Gasteiger partial charge in [0.05, 0.1) is 5.54 Å². The highest BCUT2D eigenvalue weighted by Gasteiger charge is 2.22. The van der Waals surface area contributed by atoms with Gasteiger partial charge < -0.3 is 5.32 Å². The lowest BCUT2D eigenvalue weighted by molar-refractivity contribution is -0.122. The standard InChI is InChI=1S/C14H19BrClNO/c1-14(2,11-6-8-12(15)9-7-11)17-13(18)5-3-4-10-16/h6-9H,3-5,10H2,1-2H3,(H,17,18). The van der Waals surface area contributed by atoms with Crippen molar-refractivity contribution in [2.24, 2.45) is 0 Å². The minimum absolute atomic E-state index is 0.0769. The predicted molar refractivity (Wildman–Crippen MR) is 79.9 cm³/mol. The number of carbonyl (C=O) groups excluding carboxylic acids is 1. The van der Waals surface area contributed by atoms with Crippen LogP contribution in [-0.2, 0) is 10.3 Å². The fourth-order valence-electron chi connectivity index (χ4n) is 1.73. The molecular formula is C14H19BrClNO. The van der Waals surface area contributed by atoms with Gasteiger partial charge in [0.25, 0.3) is 0 Å². The van der Waals surface area contributed by atoms with Crippen molar-refractivity contribution in [1.29, 1.82) is 0 Å². The van der Waals surface area contributed by atoms with E-state index in [1.165, 1.54) is 0 Å². The molecule has 1 rings (SSSR count). The number of halogens is 2. The summed E-state index contributed by atoms with van der Waals surface area (Å²) >= 11 is 9.00. The maximum Gasteiger partial charge on any atom is 0.220 e.